The number of carbonyl (C=O) groups is 3. The largest absolute Gasteiger partial charge is 0.351 e. The molecule has 1 N–H and O–H groups in total. The molecule has 5 rings (SSSR count). The van der Waals surface area contributed by atoms with Crippen molar-refractivity contribution in [1.82, 2.24) is 19.8 Å². The first-order valence-corrected chi connectivity index (χ1v) is 12.7. The SMILES string of the molecule is O=C(C[C@@H]1SC(N2CCCC2)=NC1=O)Nc1ccc(C(=O)N2CCN(c3ncccn3)CC2)cc1. The molecule has 1 aromatic carbocycles. The highest BCUT2D eigenvalue weighted by atomic mass is 32.2. The van der Waals surface area contributed by atoms with Gasteiger partial charge in [-0.2, -0.15) is 4.99 Å². The van der Waals surface area contributed by atoms with Crippen molar-refractivity contribution in [3.05, 3.63) is 48.3 Å². The number of likely N-dealkylation sites (tertiary alicyclic amines) is 1. The molecule has 0 radical (unpaired) electrons. The van der Waals surface area contributed by atoms with E-state index in [1.807, 2.05) is 4.90 Å². The third kappa shape index (κ3) is 5.45. The number of amidine groups is 1. The number of anilines is 2. The molecular formula is C24H27N7O3S. The number of hydrogen-bond donors (Lipinski definition) is 1. The summed E-state index contributed by atoms with van der Waals surface area (Å²) in [7, 11) is 0. The second-order valence-electron chi connectivity index (χ2n) is 8.69. The lowest BCUT2D eigenvalue weighted by molar-refractivity contribution is -0.121. The second kappa shape index (κ2) is 10.4. The number of aromatic nitrogens is 2. The van der Waals surface area contributed by atoms with E-state index in [2.05, 4.69) is 30.1 Å². The molecule has 4 heterocycles. The minimum absolute atomic E-state index is 0.0453. The molecule has 10 nitrogen and oxygen atoms in total. The van der Waals surface area contributed by atoms with Crippen LogP contribution in [0.15, 0.2) is 47.7 Å². The molecular weight excluding hydrogens is 466 g/mol. The number of thioether (sulfide) groups is 1. The van der Waals surface area contributed by atoms with Crippen molar-refractivity contribution in [2.45, 2.75) is 24.5 Å². The van der Waals surface area contributed by atoms with E-state index in [1.165, 1.54) is 11.8 Å². The van der Waals surface area contributed by atoms with Crippen LogP contribution in [0.4, 0.5) is 11.6 Å². The minimum atomic E-state index is -0.480. The number of carbonyl (C=O) groups excluding carboxylic acids is 3. The van der Waals surface area contributed by atoms with E-state index in [0.29, 0.717) is 43.4 Å². The van der Waals surface area contributed by atoms with Crippen LogP contribution in [0.2, 0.25) is 0 Å². The number of hydrogen-bond acceptors (Lipinski definition) is 8. The van der Waals surface area contributed by atoms with Gasteiger partial charge in [-0.05, 0) is 43.2 Å². The highest BCUT2D eigenvalue weighted by molar-refractivity contribution is 8.15. The lowest BCUT2D eigenvalue weighted by Crippen LogP contribution is -2.49. The number of benzene rings is 1. The summed E-state index contributed by atoms with van der Waals surface area (Å²) < 4.78 is 0. The van der Waals surface area contributed by atoms with Crippen molar-refractivity contribution in [1.29, 1.82) is 0 Å². The van der Waals surface area contributed by atoms with Gasteiger partial charge in [0.1, 0.15) is 5.25 Å². The van der Waals surface area contributed by atoms with Gasteiger partial charge in [0.25, 0.3) is 11.8 Å². The molecule has 3 aliphatic rings. The van der Waals surface area contributed by atoms with Gasteiger partial charge in [-0.25, -0.2) is 9.97 Å². The molecule has 3 amide bonds. The topological polar surface area (TPSA) is 111 Å². The van der Waals surface area contributed by atoms with Crippen LogP contribution in [-0.4, -0.2) is 87.2 Å². The van der Waals surface area contributed by atoms with Crippen molar-refractivity contribution < 1.29 is 14.4 Å². The number of piperazine rings is 1. The summed E-state index contributed by atoms with van der Waals surface area (Å²) in [5, 5.41) is 3.09. The van der Waals surface area contributed by atoms with E-state index < -0.39 is 5.25 Å². The van der Waals surface area contributed by atoms with Crippen LogP contribution in [0, 0.1) is 0 Å². The molecule has 0 saturated carbocycles. The van der Waals surface area contributed by atoms with Gasteiger partial charge in [-0.15, -0.1) is 0 Å². The Bertz CT molecular complexity index is 1110. The summed E-state index contributed by atoms with van der Waals surface area (Å²) in [4.78, 5) is 56.4. The zero-order chi connectivity index (χ0) is 24.2. The Balaban J connectivity index is 1.10. The van der Waals surface area contributed by atoms with E-state index in [9.17, 15) is 14.4 Å². The van der Waals surface area contributed by atoms with Gasteiger partial charge in [0, 0.05) is 69.3 Å². The molecule has 0 aliphatic carbocycles. The molecule has 0 unspecified atom stereocenters. The predicted molar refractivity (Wildman–Crippen MR) is 134 cm³/mol. The number of amides is 3. The van der Waals surface area contributed by atoms with Gasteiger partial charge in [-0.3, -0.25) is 14.4 Å². The molecule has 2 fully saturated rings. The lowest BCUT2D eigenvalue weighted by Gasteiger charge is -2.34. The van der Waals surface area contributed by atoms with E-state index >= 15 is 0 Å². The normalized spacial score (nSPS) is 20.2. The lowest BCUT2D eigenvalue weighted by atomic mass is 10.1. The van der Waals surface area contributed by atoms with E-state index in [1.54, 1.807) is 42.7 Å². The second-order valence-corrected chi connectivity index (χ2v) is 9.86. The molecule has 0 bridgehead atoms. The summed E-state index contributed by atoms with van der Waals surface area (Å²) in [5.74, 6) is 0.145. The number of aliphatic imine (C=N–C) groups is 1. The van der Waals surface area contributed by atoms with Gasteiger partial charge in [-0.1, -0.05) is 11.8 Å². The Morgan fingerprint density at radius 3 is 2.31 bits per heavy atom. The average molecular weight is 494 g/mol. The average Bonchev–Trinajstić information content (AvgIpc) is 3.55. The maximum absolute atomic E-state index is 12.9. The summed E-state index contributed by atoms with van der Waals surface area (Å²) in [6.45, 7) is 4.35. The van der Waals surface area contributed by atoms with Crippen LogP contribution in [0.25, 0.3) is 0 Å². The van der Waals surface area contributed by atoms with Gasteiger partial charge in [0.15, 0.2) is 5.17 Å². The summed E-state index contributed by atoms with van der Waals surface area (Å²) in [6, 6.07) is 8.65. The molecule has 2 aromatic rings. The molecule has 1 atom stereocenters. The molecule has 182 valence electrons. The quantitative estimate of drug-likeness (QED) is 0.672. The smallest absolute Gasteiger partial charge is 0.262 e. The van der Waals surface area contributed by atoms with Crippen molar-refractivity contribution in [3.8, 4) is 0 Å². The molecule has 0 spiro atoms. The zero-order valence-electron chi connectivity index (χ0n) is 19.3. The molecule has 11 heteroatoms. The first-order chi connectivity index (χ1) is 17.1. The van der Waals surface area contributed by atoms with Gasteiger partial charge in [0.05, 0.1) is 0 Å². The first-order valence-electron chi connectivity index (χ1n) is 11.8. The summed E-state index contributed by atoms with van der Waals surface area (Å²) in [6.07, 6.45) is 5.71. The Hall–Kier alpha value is -3.47. The van der Waals surface area contributed by atoms with Crippen LogP contribution >= 0.6 is 11.8 Å². The fourth-order valence-electron chi connectivity index (χ4n) is 4.38. The summed E-state index contributed by atoms with van der Waals surface area (Å²) >= 11 is 1.38. The van der Waals surface area contributed by atoms with Gasteiger partial charge < -0.3 is 20.0 Å². The third-order valence-corrected chi connectivity index (χ3v) is 7.51. The van der Waals surface area contributed by atoms with E-state index in [-0.39, 0.29) is 24.1 Å². The van der Waals surface area contributed by atoms with Crippen molar-refractivity contribution in [3.63, 3.8) is 0 Å². The number of nitrogens with zero attached hydrogens (tertiary/aromatic N) is 6. The Kier molecular flexibility index (Phi) is 6.94. The van der Waals surface area contributed by atoms with E-state index in [4.69, 9.17) is 0 Å². The van der Waals surface area contributed by atoms with Crippen LogP contribution in [0.1, 0.15) is 29.6 Å². The monoisotopic (exact) mass is 493 g/mol. The first kappa shape index (κ1) is 23.3. The maximum atomic E-state index is 12.9. The van der Waals surface area contributed by atoms with Crippen molar-refractivity contribution >= 4 is 46.3 Å². The highest BCUT2D eigenvalue weighted by Crippen LogP contribution is 2.29. The predicted octanol–water partition coefficient (Wildman–Crippen LogP) is 1.86. The van der Waals surface area contributed by atoms with Crippen LogP contribution < -0.4 is 10.2 Å². The van der Waals surface area contributed by atoms with Crippen molar-refractivity contribution in [2.24, 2.45) is 4.99 Å². The van der Waals surface area contributed by atoms with Crippen LogP contribution in [0.3, 0.4) is 0 Å². The van der Waals surface area contributed by atoms with Gasteiger partial charge >= 0.3 is 0 Å². The minimum Gasteiger partial charge on any atom is -0.351 e. The Morgan fingerprint density at radius 1 is 0.943 bits per heavy atom. The number of nitrogens with one attached hydrogen (secondary N) is 1. The fraction of sp³-hybridized carbons (Fsp3) is 0.417. The van der Waals surface area contributed by atoms with Crippen molar-refractivity contribution in [2.75, 3.05) is 49.5 Å². The Labute approximate surface area is 207 Å². The third-order valence-electron chi connectivity index (χ3n) is 6.29. The highest BCUT2D eigenvalue weighted by Gasteiger charge is 2.33. The zero-order valence-corrected chi connectivity index (χ0v) is 20.1. The maximum Gasteiger partial charge on any atom is 0.262 e. The standard InChI is InChI=1S/C24H27N7O3S/c32-20(16-19-21(33)28-24(35-19)31-10-1-2-11-31)27-18-6-4-17(5-7-18)22(34)29-12-14-30(15-13-29)23-25-8-3-9-26-23/h3-9,19H,1-2,10-16H2,(H,27,32)/t19-/m0/s1. The molecule has 2 saturated heterocycles. The molecule has 1 aromatic heterocycles. The van der Waals surface area contributed by atoms with E-state index in [0.717, 1.165) is 31.1 Å². The Morgan fingerprint density at radius 2 is 1.63 bits per heavy atom. The molecule has 3 aliphatic heterocycles. The number of rotatable bonds is 5. The van der Waals surface area contributed by atoms with Crippen LogP contribution in [0.5, 0.6) is 0 Å². The van der Waals surface area contributed by atoms with Crippen LogP contribution in [-0.2, 0) is 9.59 Å². The summed E-state index contributed by atoms with van der Waals surface area (Å²) in [5.41, 5.74) is 1.16. The fourth-order valence-corrected chi connectivity index (χ4v) is 5.49. The molecule has 35 heavy (non-hydrogen) atoms. The van der Waals surface area contributed by atoms with Gasteiger partial charge in [0.2, 0.25) is 11.9 Å².